The van der Waals surface area contributed by atoms with Crippen molar-refractivity contribution in [1.29, 1.82) is 0 Å². The Morgan fingerprint density at radius 3 is 2.40 bits per heavy atom. The van der Waals surface area contributed by atoms with Crippen LogP contribution < -0.4 is 4.18 Å². The van der Waals surface area contributed by atoms with Gasteiger partial charge in [-0.05, 0) is 0 Å². The molecule has 0 spiro atoms. The Morgan fingerprint density at radius 1 is 1.30 bits per heavy atom. The standard InChI is InChI=1S/C10H10N4O5S/c1-14-8(10(15)16)7(5-13-14)9-11-3-6(4-12-9)19-20(2,17)18/h3-5H,1-2H3,(H,15,16). The molecule has 2 aromatic rings. The first-order valence-electron chi connectivity index (χ1n) is 5.25. The molecular formula is C10H10N4O5S. The van der Waals surface area contributed by atoms with Crippen LogP contribution in [0.5, 0.6) is 5.75 Å². The van der Waals surface area contributed by atoms with Gasteiger partial charge in [-0.25, -0.2) is 14.8 Å². The lowest BCUT2D eigenvalue weighted by Gasteiger charge is -2.03. The monoisotopic (exact) mass is 298 g/mol. The summed E-state index contributed by atoms with van der Waals surface area (Å²) in [6.45, 7) is 0. The highest BCUT2D eigenvalue weighted by Crippen LogP contribution is 2.20. The lowest BCUT2D eigenvalue weighted by Crippen LogP contribution is -2.08. The van der Waals surface area contributed by atoms with Gasteiger partial charge in [0.15, 0.2) is 17.3 Å². The topological polar surface area (TPSA) is 124 Å². The number of carboxylic acids is 1. The van der Waals surface area contributed by atoms with Gasteiger partial charge in [0.25, 0.3) is 0 Å². The Balaban J connectivity index is 2.38. The summed E-state index contributed by atoms with van der Waals surface area (Å²) < 4.78 is 27.6. The molecule has 9 nitrogen and oxygen atoms in total. The zero-order chi connectivity index (χ0) is 14.9. The maximum atomic E-state index is 11.1. The molecule has 106 valence electrons. The summed E-state index contributed by atoms with van der Waals surface area (Å²) in [5, 5.41) is 12.9. The number of nitrogens with zero attached hydrogens (tertiary/aromatic N) is 4. The Labute approximate surface area is 114 Å². The average Bonchev–Trinajstić information content (AvgIpc) is 2.70. The smallest absolute Gasteiger partial charge is 0.354 e. The van der Waals surface area contributed by atoms with Gasteiger partial charge in [-0.1, -0.05) is 0 Å². The second kappa shape index (κ2) is 4.89. The number of aryl methyl sites for hydroxylation is 1. The van der Waals surface area contributed by atoms with Crippen molar-refractivity contribution in [1.82, 2.24) is 19.7 Å². The zero-order valence-electron chi connectivity index (χ0n) is 10.5. The molecule has 20 heavy (non-hydrogen) atoms. The van der Waals surface area contributed by atoms with Crippen LogP contribution in [0.2, 0.25) is 0 Å². The highest BCUT2D eigenvalue weighted by Gasteiger charge is 2.19. The van der Waals surface area contributed by atoms with Crippen molar-refractivity contribution in [3.63, 3.8) is 0 Å². The number of carbonyl (C=O) groups is 1. The Kier molecular flexibility index (Phi) is 3.40. The molecule has 0 atom stereocenters. The molecule has 1 N–H and O–H groups in total. The van der Waals surface area contributed by atoms with Crippen molar-refractivity contribution in [2.24, 2.45) is 7.05 Å². The Bertz CT molecular complexity index is 750. The van der Waals surface area contributed by atoms with Gasteiger partial charge in [-0.3, -0.25) is 4.68 Å². The van der Waals surface area contributed by atoms with E-state index >= 15 is 0 Å². The largest absolute Gasteiger partial charge is 0.477 e. The molecule has 0 aliphatic heterocycles. The number of hydrogen-bond donors (Lipinski definition) is 1. The number of carboxylic acid groups (broad SMARTS) is 1. The van der Waals surface area contributed by atoms with Gasteiger partial charge in [0.05, 0.1) is 30.4 Å². The van der Waals surface area contributed by atoms with E-state index < -0.39 is 16.1 Å². The Hall–Kier alpha value is -2.49. The van der Waals surface area contributed by atoms with Crippen LogP contribution >= 0.6 is 0 Å². The van der Waals surface area contributed by atoms with Gasteiger partial charge in [-0.2, -0.15) is 13.5 Å². The predicted octanol–water partition coefficient (Wildman–Crippen LogP) is -0.0863. The zero-order valence-corrected chi connectivity index (χ0v) is 11.3. The van der Waals surface area contributed by atoms with Crippen LogP contribution in [-0.2, 0) is 17.2 Å². The van der Waals surface area contributed by atoms with Crippen molar-refractivity contribution in [2.75, 3.05) is 6.26 Å². The van der Waals surface area contributed by atoms with E-state index in [2.05, 4.69) is 19.2 Å². The van der Waals surface area contributed by atoms with Crippen LogP contribution in [0.15, 0.2) is 18.6 Å². The minimum absolute atomic E-state index is 0.0583. The molecule has 2 aromatic heterocycles. The third-order valence-electron chi connectivity index (χ3n) is 2.26. The first-order valence-corrected chi connectivity index (χ1v) is 7.07. The van der Waals surface area contributed by atoms with E-state index in [-0.39, 0.29) is 22.8 Å². The molecule has 0 aromatic carbocycles. The van der Waals surface area contributed by atoms with E-state index in [1.807, 2.05) is 0 Å². The fraction of sp³-hybridized carbons (Fsp3) is 0.200. The second-order valence-corrected chi connectivity index (χ2v) is 5.44. The van der Waals surface area contributed by atoms with Gasteiger partial charge in [0, 0.05) is 7.05 Å². The lowest BCUT2D eigenvalue weighted by molar-refractivity contribution is 0.0685. The minimum Gasteiger partial charge on any atom is -0.477 e. The minimum atomic E-state index is -3.66. The van der Waals surface area contributed by atoms with Gasteiger partial charge in [0.1, 0.15) is 0 Å². The van der Waals surface area contributed by atoms with Gasteiger partial charge in [-0.15, -0.1) is 0 Å². The van der Waals surface area contributed by atoms with Gasteiger partial charge < -0.3 is 9.29 Å². The van der Waals surface area contributed by atoms with Gasteiger partial charge in [0.2, 0.25) is 0 Å². The van der Waals surface area contributed by atoms with E-state index in [0.717, 1.165) is 18.6 Å². The summed E-state index contributed by atoms with van der Waals surface area (Å²) in [6, 6.07) is 0. The molecule has 2 rings (SSSR count). The maximum Gasteiger partial charge on any atom is 0.354 e. The first-order chi connectivity index (χ1) is 9.28. The van der Waals surface area contributed by atoms with Crippen LogP contribution in [0.4, 0.5) is 0 Å². The summed E-state index contributed by atoms with van der Waals surface area (Å²) in [6.07, 6.45) is 4.49. The van der Waals surface area contributed by atoms with Crippen molar-refractivity contribution >= 4 is 16.1 Å². The molecular weight excluding hydrogens is 288 g/mol. The van der Waals surface area contributed by atoms with Crippen LogP contribution in [0.3, 0.4) is 0 Å². The van der Waals surface area contributed by atoms with Crippen molar-refractivity contribution in [2.45, 2.75) is 0 Å². The summed E-state index contributed by atoms with van der Waals surface area (Å²) in [4.78, 5) is 18.9. The van der Waals surface area contributed by atoms with Crippen molar-refractivity contribution in [3.05, 3.63) is 24.3 Å². The fourth-order valence-electron chi connectivity index (χ4n) is 1.53. The summed E-state index contributed by atoms with van der Waals surface area (Å²) in [7, 11) is -2.18. The van der Waals surface area contributed by atoms with E-state index in [9.17, 15) is 13.2 Å². The first kappa shape index (κ1) is 13.9. The molecule has 0 bridgehead atoms. The molecule has 0 amide bonds. The number of rotatable bonds is 4. The van der Waals surface area contributed by atoms with E-state index in [4.69, 9.17) is 5.11 Å². The SMILES string of the molecule is Cn1ncc(-c2ncc(OS(C)(=O)=O)cn2)c1C(=O)O. The molecule has 2 heterocycles. The number of aromatic carboxylic acids is 1. The molecule has 10 heteroatoms. The molecule has 0 saturated carbocycles. The molecule has 0 unspecified atom stereocenters. The van der Waals surface area contributed by atoms with Gasteiger partial charge >= 0.3 is 16.1 Å². The highest BCUT2D eigenvalue weighted by molar-refractivity contribution is 7.86. The normalized spacial score (nSPS) is 11.3. The quantitative estimate of drug-likeness (QED) is 0.777. The van der Waals surface area contributed by atoms with Crippen molar-refractivity contribution < 1.29 is 22.5 Å². The fourth-order valence-corrected chi connectivity index (χ4v) is 1.96. The third kappa shape index (κ3) is 2.91. The molecule has 0 fully saturated rings. The van der Waals surface area contributed by atoms with E-state index in [1.165, 1.54) is 17.9 Å². The second-order valence-electron chi connectivity index (χ2n) is 3.87. The predicted molar refractivity (Wildman–Crippen MR) is 66.7 cm³/mol. The summed E-state index contributed by atoms with van der Waals surface area (Å²) in [5.41, 5.74) is 0.160. The van der Waals surface area contributed by atoms with Crippen molar-refractivity contribution in [3.8, 4) is 17.1 Å². The maximum absolute atomic E-state index is 11.1. The van der Waals surface area contributed by atoms with Crippen LogP contribution in [0.25, 0.3) is 11.4 Å². The lowest BCUT2D eigenvalue weighted by atomic mass is 10.2. The number of hydrogen-bond acceptors (Lipinski definition) is 7. The highest BCUT2D eigenvalue weighted by atomic mass is 32.2. The van der Waals surface area contributed by atoms with Crippen LogP contribution in [0, 0.1) is 0 Å². The Morgan fingerprint density at radius 2 is 1.90 bits per heavy atom. The summed E-state index contributed by atoms with van der Waals surface area (Å²) >= 11 is 0. The average molecular weight is 298 g/mol. The number of aromatic nitrogens is 4. The molecule has 0 aliphatic rings. The molecule has 0 saturated heterocycles. The van der Waals surface area contributed by atoms with Crippen LogP contribution in [-0.4, -0.2) is 45.5 Å². The van der Waals surface area contributed by atoms with E-state index in [0.29, 0.717) is 0 Å². The third-order valence-corrected chi connectivity index (χ3v) is 2.75. The van der Waals surface area contributed by atoms with Crippen LogP contribution in [0.1, 0.15) is 10.5 Å². The molecule has 0 radical (unpaired) electrons. The van der Waals surface area contributed by atoms with E-state index in [1.54, 1.807) is 0 Å². The molecule has 0 aliphatic carbocycles. The summed E-state index contributed by atoms with van der Waals surface area (Å²) in [5.74, 6) is -1.12.